The number of hydrogen-bond acceptors (Lipinski definition) is 2. The first-order valence-electron chi connectivity index (χ1n) is 6.87. The van der Waals surface area contributed by atoms with Crippen molar-refractivity contribution in [3.8, 4) is 0 Å². The number of aromatic nitrogens is 1. The highest BCUT2D eigenvalue weighted by atomic mass is 14.7. The van der Waals surface area contributed by atoms with Gasteiger partial charge in [-0.15, -0.1) is 0 Å². The van der Waals surface area contributed by atoms with E-state index in [-0.39, 0.29) is 6.04 Å². The van der Waals surface area contributed by atoms with E-state index in [1.54, 1.807) is 0 Å². The molecular formula is C17H22N2. The van der Waals surface area contributed by atoms with Crippen molar-refractivity contribution in [3.63, 3.8) is 0 Å². The van der Waals surface area contributed by atoms with Crippen LogP contribution in [0.3, 0.4) is 0 Å². The highest BCUT2D eigenvalue weighted by Gasteiger charge is 2.11. The Morgan fingerprint density at radius 3 is 2.58 bits per heavy atom. The van der Waals surface area contributed by atoms with Crippen molar-refractivity contribution in [1.29, 1.82) is 0 Å². The van der Waals surface area contributed by atoms with E-state index >= 15 is 0 Å². The van der Waals surface area contributed by atoms with Crippen molar-refractivity contribution < 1.29 is 0 Å². The Morgan fingerprint density at radius 2 is 1.95 bits per heavy atom. The molecule has 0 aliphatic heterocycles. The SMILES string of the molecule is CCc1ccc(CC(N)c2cccc(C)c2C)nc1. The number of aryl methyl sites for hydroxylation is 2. The molecule has 19 heavy (non-hydrogen) atoms. The summed E-state index contributed by atoms with van der Waals surface area (Å²) in [5.41, 5.74) is 12.5. The predicted octanol–water partition coefficient (Wildman–Crippen LogP) is 3.50. The average molecular weight is 254 g/mol. The van der Waals surface area contributed by atoms with Gasteiger partial charge in [0.25, 0.3) is 0 Å². The number of pyridine rings is 1. The third-order valence-electron chi connectivity index (χ3n) is 3.77. The van der Waals surface area contributed by atoms with Gasteiger partial charge in [-0.25, -0.2) is 0 Å². The second-order valence-corrected chi connectivity index (χ2v) is 5.11. The number of rotatable bonds is 4. The Kier molecular flexibility index (Phi) is 4.33. The van der Waals surface area contributed by atoms with Crippen LogP contribution in [0.5, 0.6) is 0 Å². The van der Waals surface area contributed by atoms with Crippen LogP contribution >= 0.6 is 0 Å². The van der Waals surface area contributed by atoms with Crippen LogP contribution in [0.2, 0.25) is 0 Å². The number of hydrogen-bond donors (Lipinski definition) is 1. The first-order valence-corrected chi connectivity index (χ1v) is 6.87. The van der Waals surface area contributed by atoms with Crippen LogP contribution in [0.4, 0.5) is 0 Å². The molecule has 1 atom stereocenters. The van der Waals surface area contributed by atoms with Crippen LogP contribution in [0.15, 0.2) is 36.5 Å². The van der Waals surface area contributed by atoms with Gasteiger partial charge in [-0.05, 0) is 48.6 Å². The molecule has 0 saturated carbocycles. The average Bonchev–Trinajstić information content (AvgIpc) is 2.42. The molecule has 1 unspecified atom stereocenters. The summed E-state index contributed by atoms with van der Waals surface area (Å²) < 4.78 is 0. The Balaban J connectivity index is 2.15. The topological polar surface area (TPSA) is 38.9 Å². The highest BCUT2D eigenvalue weighted by molar-refractivity contribution is 5.35. The standard InChI is InChI=1S/C17H22N2/c1-4-14-8-9-15(19-11-14)10-17(18)16-7-5-6-12(2)13(16)3/h5-9,11,17H,4,10,18H2,1-3H3. The zero-order valence-corrected chi connectivity index (χ0v) is 12.0. The van der Waals surface area contributed by atoms with Crippen molar-refractivity contribution in [2.24, 2.45) is 5.73 Å². The van der Waals surface area contributed by atoms with E-state index in [2.05, 4.69) is 56.1 Å². The van der Waals surface area contributed by atoms with Gasteiger partial charge in [-0.2, -0.15) is 0 Å². The van der Waals surface area contributed by atoms with E-state index in [0.29, 0.717) is 0 Å². The molecule has 0 saturated heterocycles. The molecule has 2 heteroatoms. The van der Waals surface area contributed by atoms with Gasteiger partial charge in [0.1, 0.15) is 0 Å². The molecule has 2 aromatic rings. The van der Waals surface area contributed by atoms with E-state index in [1.807, 2.05) is 6.20 Å². The lowest BCUT2D eigenvalue weighted by molar-refractivity contribution is 0.700. The maximum Gasteiger partial charge on any atom is 0.0422 e. The molecule has 2 N–H and O–H groups in total. The molecule has 0 fully saturated rings. The summed E-state index contributed by atoms with van der Waals surface area (Å²) in [5.74, 6) is 0. The highest BCUT2D eigenvalue weighted by Crippen LogP contribution is 2.21. The molecule has 2 rings (SSSR count). The van der Waals surface area contributed by atoms with Crippen molar-refractivity contribution in [1.82, 2.24) is 4.98 Å². The molecular weight excluding hydrogens is 232 g/mol. The Labute approximate surface area is 115 Å². The fourth-order valence-electron chi connectivity index (χ4n) is 2.30. The quantitative estimate of drug-likeness (QED) is 0.907. The largest absolute Gasteiger partial charge is 0.324 e. The van der Waals surface area contributed by atoms with Gasteiger partial charge in [0, 0.05) is 24.4 Å². The first kappa shape index (κ1) is 13.8. The van der Waals surface area contributed by atoms with Gasteiger partial charge in [0.05, 0.1) is 0 Å². The van der Waals surface area contributed by atoms with Gasteiger partial charge in [-0.1, -0.05) is 31.2 Å². The normalized spacial score (nSPS) is 12.4. The molecule has 0 radical (unpaired) electrons. The van der Waals surface area contributed by atoms with Crippen molar-refractivity contribution >= 4 is 0 Å². The maximum atomic E-state index is 6.33. The Morgan fingerprint density at radius 1 is 1.16 bits per heavy atom. The summed E-state index contributed by atoms with van der Waals surface area (Å²) in [6, 6.07) is 10.6. The second kappa shape index (κ2) is 5.98. The molecule has 2 nitrogen and oxygen atoms in total. The van der Waals surface area contributed by atoms with Gasteiger partial charge < -0.3 is 5.73 Å². The molecule has 1 heterocycles. The third kappa shape index (κ3) is 3.21. The minimum atomic E-state index is 0.0138. The third-order valence-corrected chi connectivity index (χ3v) is 3.77. The van der Waals surface area contributed by atoms with Gasteiger partial charge >= 0.3 is 0 Å². The summed E-state index contributed by atoms with van der Waals surface area (Å²) in [4.78, 5) is 4.49. The fourth-order valence-corrected chi connectivity index (χ4v) is 2.30. The first-order chi connectivity index (χ1) is 9.11. The van der Waals surface area contributed by atoms with Gasteiger partial charge in [-0.3, -0.25) is 4.98 Å². The second-order valence-electron chi connectivity index (χ2n) is 5.11. The molecule has 100 valence electrons. The summed E-state index contributed by atoms with van der Waals surface area (Å²) in [6.45, 7) is 6.40. The molecule has 1 aromatic heterocycles. The zero-order chi connectivity index (χ0) is 13.8. The maximum absolute atomic E-state index is 6.33. The zero-order valence-electron chi connectivity index (χ0n) is 12.0. The van der Waals surface area contributed by atoms with E-state index < -0.39 is 0 Å². The van der Waals surface area contributed by atoms with E-state index in [0.717, 1.165) is 18.5 Å². The monoisotopic (exact) mass is 254 g/mol. The molecule has 0 spiro atoms. The summed E-state index contributed by atoms with van der Waals surface area (Å²) >= 11 is 0. The van der Waals surface area contributed by atoms with Crippen LogP contribution in [0, 0.1) is 13.8 Å². The minimum absolute atomic E-state index is 0.0138. The molecule has 1 aromatic carbocycles. The smallest absolute Gasteiger partial charge is 0.0422 e. The Bertz CT molecular complexity index is 544. The predicted molar refractivity (Wildman–Crippen MR) is 80.2 cm³/mol. The lowest BCUT2D eigenvalue weighted by Gasteiger charge is -2.16. The van der Waals surface area contributed by atoms with Crippen LogP contribution in [0.1, 0.15) is 40.9 Å². The summed E-state index contributed by atoms with van der Waals surface area (Å²) in [6.07, 6.45) is 3.76. The minimum Gasteiger partial charge on any atom is -0.324 e. The van der Waals surface area contributed by atoms with Crippen LogP contribution in [0.25, 0.3) is 0 Å². The van der Waals surface area contributed by atoms with Crippen LogP contribution in [-0.2, 0) is 12.8 Å². The van der Waals surface area contributed by atoms with Crippen molar-refractivity contribution in [2.75, 3.05) is 0 Å². The van der Waals surface area contributed by atoms with Crippen molar-refractivity contribution in [3.05, 3.63) is 64.5 Å². The number of nitrogens with zero attached hydrogens (tertiary/aromatic N) is 1. The van der Waals surface area contributed by atoms with Crippen molar-refractivity contribution in [2.45, 2.75) is 39.7 Å². The molecule has 0 amide bonds. The molecule has 0 aliphatic carbocycles. The summed E-state index contributed by atoms with van der Waals surface area (Å²) in [5, 5.41) is 0. The summed E-state index contributed by atoms with van der Waals surface area (Å²) in [7, 11) is 0. The number of benzene rings is 1. The van der Waals surface area contributed by atoms with E-state index in [1.165, 1.54) is 22.3 Å². The van der Waals surface area contributed by atoms with Gasteiger partial charge in [0.2, 0.25) is 0 Å². The fraction of sp³-hybridized carbons (Fsp3) is 0.353. The van der Waals surface area contributed by atoms with Crippen LogP contribution < -0.4 is 5.73 Å². The van der Waals surface area contributed by atoms with Gasteiger partial charge in [0.15, 0.2) is 0 Å². The van der Waals surface area contributed by atoms with Crippen LogP contribution in [-0.4, -0.2) is 4.98 Å². The van der Waals surface area contributed by atoms with E-state index in [4.69, 9.17) is 5.73 Å². The molecule has 0 bridgehead atoms. The number of nitrogens with two attached hydrogens (primary N) is 1. The Hall–Kier alpha value is -1.67. The van der Waals surface area contributed by atoms with E-state index in [9.17, 15) is 0 Å². The lowest BCUT2D eigenvalue weighted by Crippen LogP contribution is -2.15. The molecule has 0 aliphatic rings. The lowest BCUT2D eigenvalue weighted by atomic mass is 9.95.